The molecule has 4 rings (SSSR count). The number of carbonyl (C=O) groups excluding carboxylic acids is 2. The number of esters is 1. The first-order chi connectivity index (χ1) is 16.9. The van der Waals surface area contributed by atoms with Crippen LogP contribution in [0.15, 0.2) is 36.7 Å². The highest BCUT2D eigenvalue weighted by atomic mass is 16.5. The van der Waals surface area contributed by atoms with Crippen molar-refractivity contribution >= 4 is 23.3 Å². The van der Waals surface area contributed by atoms with Gasteiger partial charge in [-0.15, -0.1) is 0 Å². The quantitative estimate of drug-likeness (QED) is 0.276. The fraction of sp³-hybridized carbons (Fsp3) is 0.407. The van der Waals surface area contributed by atoms with Crippen molar-refractivity contribution in [1.82, 2.24) is 19.7 Å². The van der Waals surface area contributed by atoms with E-state index in [9.17, 15) is 9.59 Å². The molecule has 0 saturated heterocycles. The van der Waals surface area contributed by atoms with Crippen molar-refractivity contribution in [3.8, 4) is 23.1 Å². The van der Waals surface area contributed by atoms with E-state index in [0.717, 1.165) is 30.6 Å². The van der Waals surface area contributed by atoms with E-state index in [1.165, 1.54) is 7.11 Å². The Morgan fingerprint density at radius 1 is 1.23 bits per heavy atom. The molecule has 1 aliphatic rings. The van der Waals surface area contributed by atoms with Crippen LogP contribution in [0.25, 0.3) is 16.9 Å². The molecule has 182 valence electrons. The summed E-state index contributed by atoms with van der Waals surface area (Å²) in [4.78, 5) is 32.9. The zero-order valence-electron chi connectivity index (χ0n) is 20.4. The molecule has 35 heavy (non-hydrogen) atoms. The van der Waals surface area contributed by atoms with E-state index in [4.69, 9.17) is 0 Å². The van der Waals surface area contributed by atoms with Gasteiger partial charge in [0.15, 0.2) is 11.5 Å². The second-order valence-electron chi connectivity index (χ2n) is 9.14. The first-order valence-electron chi connectivity index (χ1n) is 12.0. The van der Waals surface area contributed by atoms with Gasteiger partial charge in [-0.1, -0.05) is 31.9 Å². The zero-order valence-corrected chi connectivity index (χ0v) is 20.4. The monoisotopic (exact) mass is 473 g/mol. The molecule has 2 aromatic heterocycles. The molecule has 0 unspecified atom stereocenters. The summed E-state index contributed by atoms with van der Waals surface area (Å²) >= 11 is 0. The minimum atomic E-state index is -0.231. The van der Waals surface area contributed by atoms with E-state index in [0.29, 0.717) is 53.9 Å². The van der Waals surface area contributed by atoms with Crippen molar-refractivity contribution in [2.45, 2.75) is 52.0 Å². The lowest BCUT2D eigenvalue weighted by Gasteiger charge is -2.11. The molecule has 8 heteroatoms. The number of carbonyl (C=O) groups is 2. The molecular formula is C27H31N5O3. The van der Waals surface area contributed by atoms with E-state index in [2.05, 4.69) is 51.0 Å². The van der Waals surface area contributed by atoms with Gasteiger partial charge in [-0.05, 0) is 43.2 Å². The summed E-state index contributed by atoms with van der Waals surface area (Å²) < 4.78 is 6.65. The summed E-state index contributed by atoms with van der Waals surface area (Å²) in [5, 5.41) is 6.40. The number of nitrogens with one attached hydrogen (secondary N) is 2. The Kier molecular flexibility index (Phi) is 7.66. The van der Waals surface area contributed by atoms with Gasteiger partial charge in [-0.2, -0.15) is 0 Å². The number of anilines is 1. The van der Waals surface area contributed by atoms with Crippen LogP contribution in [-0.2, 0) is 9.53 Å². The lowest BCUT2D eigenvalue weighted by Crippen LogP contribution is -2.25. The number of hydrogen-bond acceptors (Lipinski definition) is 6. The largest absolute Gasteiger partial charge is 0.469 e. The smallest absolute Gasteiger partial charge is 0.305 e. The number of aromatic nitrogens is 3. The highest BCUT2D eigenvalue weighted by molar-refractivity contribution is 5.95. The van der Waals surface area contributed by atoms with Gasteiger partial charge in [0, 0.05) is 42.8 Å². The average molecular weight is 474 g/mol. The molecule has 1 amide bonds. The minimum Gasteiger partial charge on any atom is -0.469 e. The normalized spacial score (nSPS) is 12.8. The average Bonchev–Trinajstić information content (AvgIpc) is 3.57. The summed E-state index contributed by atoms with van der Waals surface area (Å²) in [7, 11) is 1.39. The number of imidazole rings is 1. The van der Waals surface area contributed by atoms with Crippen LogP contribution >= 0.6 is 0 Å². The number of amides is 1. The molecule has 0 bridgehead atoms. The molecule has 0 atom stereocenters. The molecule has 1 fully saturated rings. The molecular weight excluding hydrogens is 442 g/mol. The van der Waals surface area contributed by atoms with Crippen LogP contribution in [0.4, 0.5) is 5.82 Å². The summed E-state index contributed by atoms with van der Waals surface area (Å²) in [6.07, 6.45) is 7.36. The standard InChI is InChI=1S/C27H31N5O3/c1-18(2)15-28-25-26-29-16-23(19-9-11-20(12-10-19)27(34)31-21-13-14-21)32(26)17-22(30-25)7-5-4-6-8-24(33)35-3/h9-12,16-18,21H,4,6,8,13-15H2,1-3H3,(H,28,30)(H,31,34). The van der Waals surface area contributed by atoms with Crippen LogP contribution in [0.1, 0.15) is 62.0 Å². The summed E-state index contributed by atoms with van der Waals surface area (Å²) in [5.74, 6) is 7.07. The third-order valence-corrected chi connectivity index (χ3v) is 5.65. The van der Waals surface area contributed by atoms with Crippen LogP contribution in [0, 0.1) is 17.8 Å². The lowest BCUT2D eigenvalue weighted by molar-refractivity contribution is -0.140. The molecule has 8 nitrogen and oxygen atoms in total. The van der Waals surface area contributed by atoms with Gasteiger partial charge in [0.05, 0.1) is 19.0 Å². The number of methoxy groups -OCH3 is 1. The van der Waals surface area contributed by atoms with E-state index in [-0.39, 0.29) is 11.9 Å². The van der Waals surface area contributed by atoms with Crippen LogP contribution in [0.3, 0.4) is 0 Å². The lowest BCUT2D eigenvalue weighted by atomic mass is 10.1. The molecule has 0 radical (unpaired) electrons. The van der Waals surface area contributed by atoms with Gasteiger partial charge in [0.1, 0.15) is 5.69 Å². The Labute approximate surface area is 205 Å². The Morgan fingerprint density at radius 3 is 2.69 bits per heavy atom. The second-order valence-corrected chi connectivity index (χ2v) is 9.14. The molecule has 1 aromatic carbocycles. The number of benzene rings is 1. The topological polar surface area (TPSA) is 97.6 Å². The molecule has 2 heterocycles. The predicted molar refractivity (Wildman–Crippen MR) is 135 cm³/mol. The number of rotatable bonds is 9. The second kappa shape index (κ2) is 11.0. The summed E-state index contributed by atoms with van der Waals surface area (Å²) in [5.41, 5.74) is 3.80. The number of unbranched alkanes of at least 4 members (excludes halogenated alkanes) is 1. The van der Waals surface area contributed by atoms with Crippen molar-refractivity contribution in [2.24, 2.45) is 5.92 Å². The van der Waals surface area contributed by atoms with Crippen LogP contribution < -0.4 is 10.6 Å². The molecule has 0 spiro atoms. The van der Waals surface area contributed by atoms with Crippen LogP contribution in [0.5, 0.6) is 0 Å². The van der Waals surface area contributed by atoms with Crippen molar-refractivity contribution in [1.29, 1.82) is 0 Å². The number of fused-ring (bicyclic) bond motifs is 1. The minimum absolute atomic E-state index is 0.0358. The van der Waals surface area contributed by atoms with Gasteiger partial charge in [-0.3, -0.25) is 14.0 Å². The van der Waals surface area contributed by atoms with E-state index >= 15 is 0 Å². The van der Waals surface area contributed by atoms with Gasteiger partial charge < -0.3 is 15.4 Å². The van der Waals surface area contributed by atoms with Gasteiger partial charge >= 0.3 is 5.97 Å². The SMILES string of the molecule is COC(=O)CCCC#Cc1cn2c(-c3ccc(C(=O)NC4CC4)cc3)cnc2c(NCC(C)C)n1. The zero-order chi connectivity index (χ0) is 24.8. The Hall–Kier alpha value is -3.86. The first-order valence-corrected chi connectivity index (χ1v) is 12.0. The Bertz CT molecular complexity index is 1260. The Balaban J connectivity index is 1.60. The van der Waals surface area contributed by atoms with Crippen molar-refractivity contribution in [2.75, 3.05) is 19.0 Å². The van der Waals surface area contributed by atoms with Crippen molar-refractivity contribution in [3.05, 3.63) is 47.9 Å². The number of ether oxygens (including phenoxy) is 1. The van der Waals surface area contributed by atoms with Crippen molar-refractivity contribution < 1.29 is 14.3 Å². The molecule has 1 saturated carbocycles. The fourth-order valence-corrected chi connectivity index (χ4v) is 3.55. The van der Waals surface area contributed by atoms with Gasteiger partial charge in [-0.25, -0.2) is 9.97 Å². The van der Waals surface area contributed by atoms with E-state index < -0.39 is 0 Å². The maximum Gasteiger partial charge on any atom is 0.305 e. The van der Waals surface area contributed by atoms with Crippen molar-refractivity contribution in [3.63, 3.8) is 0 Å². The van der Waals surface area contributed by atoms with Gasteiger partial charge in [0.25, 0.3) is 5.91 Å². The number of nitrogens with zero attached hydrogens (tertiary/aromatic N) is 3. The first kappa shape index (κ1) is 24.3. The summed E-state index contributed by atoms with van der Waals surface area (Å²) in [6.45, 7) is 5.02. The van der Waals surface area contributed by atoms with Crippen LogP contribution in [-0.4, -0.2) is 45.9 Å². The molecule has 1 aliphatic carbocycles. The highest BCUT2D eigenvalue weighted by Gasteiger charge is 2.23. The molecule has 2 N–H and O–H groups in total. The highest BCUT2D eigenvalue weighted by Crippen LogP contribution is 2.25. The fourth-order valence-electron chi connectivity index (χ4n) is 3.55. The molecule has 3 aromatic rings. The Morgan fingerprint density at radius 2 is 2.00 bits per heavy atom. The van der Waals surface area contributed by atoms with E-state index in [1.807, 2.05) is 41.1 Å². The third-order valence-electron chi connectivity index (χ3n) is 5.65. The molecule has 0 aliphatic heterocycles. The predicted octanol–water partition coefficient (Wildman–Crippen LogP) is 4.05. The third kappa shape index (κ3) is 6.38. The van der Waals surface area contributed by atoms with E-state index in [1.54, 1.807) is 0 Å². The summed E-state index contributed by atoms with van der Waals surface area (Å²) in [6, 6.07) is 7.88. The van der Waals surface area contributed by atoms with Crippen LogP contribution in [0.2, 0.25) is 0 Å². The van der Waals surface area contributed by atoms with Gasteiger partial charge in [0.2, 0.25) is 0 Å². The number of hydrogen-bond donors (Lipinski definition) is 2. The maximum absolute atomic E-state index is 12.3. The maximum atomic E-state index is 12.3.